The van der Waals surface area contributed by atoms with E-state index in [1.54, 1.807) is 13.1 Å². The Bertz CT molecular complexity index is 364. The molecule has 0 unspecified atom stereocenters. The van der Waals surface area contributed by atoms with Gasteiger partial charge in [-0.3, -0.25) is 0 Å². The molecule has 0 bridgehead atoms. The van der Waals surface area contributed by atoms with Gasteiger partial charge in [-0.1, -0.05) is 13.1 Å². The molecule has 7 heteroatoms. The summed E-state index contributed by atoms with van der Waals surface area (Å²) in [5.74, 6) is -9.61. The molecule has 0 atom stereocenters. The molecule has 1 N–H and O–H groups in total. The number of rotatable bonds is 2. The molecule has 1 rings (SSSR count). The van der Waals surface area contributed by atoms with Gasteiger partial charge in [0, 0.05) is 0 Å². The van der Waals surface area contributed by atoms with Gasteiger partial charge < -0.3 is 4.98 Å². The number of nitrogens with one attached hydrogen (secondary N) is 1. The monoisotopic (exact) mass is 241 g/mol. The molecule has 84 valence electrons. The Morgan fingerprint density at radius 1 is 0.733 bits per heavy atom. The van der Waals surface area contributed by atoms with Crippen molar-refractivity contribution in [1.29, 1.82) is 0 Å². The lowest BCUT2D eigenvalue weighted by Gasteiger charge is -2.12. The van der Waals surface area contributed by atoms with Crippen LogP contribution in [0.3, 0.4) is 0 Å². The lowest BCUT2D eigenvalue weighted by molar-refractivity contribution is 0.382. The Morgan fingerprint density at radius 3 is 1.40 bits per heavy atom. The minimum Gasteiger partial charge on any atom is -0.408 e. The van der Waals surface area contributed by atoms with Crippen LogP contribution in [-0.2, 0) is 0 Å². The zero-order valence-corrected chi connectivity index (χ0v) is 9.12. The molecular formula is C8H8F5NSi. The summed E-state index contributed by atoms with van der Waals surface area (Å²) < 4.78 is 63.9. The van der Waals surface area contributed by atoms with E-state index in [2.05, 4.69) is 4.98 Å². The molecule has 1 aromatic carbocycles. The number of hydrogen-bond donors (Lipinski definition) is 1. The second-order valence-corrected chi connectivity index (χ2v) is 5.84. The van der Waals surface area contributed by atoms with Gasteiger partial charge in [0.1, 0.15) is 14.6 Å². The van der Waals surface area contributed by atoms with Crippen LogP contribution in [0.2, 0.25) is 13.1 Å². The lowest BCUT2D eigenvalue weighted by Crippen LogP contribution is -2.19. The van der Waals surface area contributed by atoms with Crippen LogP contribution in [0.4, 0.5) is 27.6 Å². The maximum absolute atomic E-state index is 13.0. The number of benzene rings is 1. The van der Waals surface area contributed by atoms with Crippen LogP contribution in [0, 0.1) is 29.1 Å². The normalized spacial score (nSPS) is 10.9. The third-order valence-corrected chi connectivity index (χ3v) is 2.51. The molecule has 0 fully saturated rings. The predicted molar refractivity (Wildman–Crippen MR) is 48.7 cm³/mol. The molecule has 0 heterocycles. The summed E-state index contributed by atoms with van der Waals surface area (Å²) in [5, 5.41) is 0. The summed E-state index contributed by atoms with van der Waals surface area (Å²) in [4.78, 5) is 2.29. The van der Waals surface area contributed by atoms with Gasteiger partial charge in [0.15, 0.2) is 23.3 Å². The Morgan fingerprint density at radius 2 is 1.07 bits per heavy atom. The Hall–Kier alpha value is -1.11. The van der Waals surface area contributed by atoms with E-state index in [1.807, 2.05) is 0 Å². The van der Waals surface area contributed by atoms with Gasteiger partial charge in [-0.15, -0.1) is 0 Å². The fraction of sp³-hybridized carbons (Fsp3) is 0.250. The van der Waals surface area contributed by atoms with Crippen LogP contribution in [-0.4, -0.2) is 8.96 Å². The highest BCUT2D eigenvalue weighted by Gasteiger charge is 2.25. The molecule has 0 radical (unpaired) electrons. The van der Waals surface area contributed by atoms with Crippen molar-refractivity contribution in [2.24, 2.45) is 0 Å². The molecule has 1 nitrogen and oxygen atoms in total. The zero-order valence-electron chi connectivity index (χ0n) is 7.97. The summed E-state index contributed by atoms with van der Waals surface area (Å²) in [6.07, 6.45) is 0. The molecule has 0 spiro atoms. The van der Waals surface area contributed by atoms with E-state index in [-0.39, 0.29) is 0 Å². The lowest BCUT2D eigenvalue weighted by atomic mass is 10.2. The van der Waals surface area contributed by atoms with Crippen LogP contribution >= 0.6 is 0 Å². The minimum absolute atomic E-state index is 0.937. The van der Waals surface area contributed by atoms with Gasteiger partial charge in [0.2, 0.25) is 5.82 Å². The van der Waals surface area contributed by atoms with E-state index in [0.29, 0.717) is 0 Å². The quantitative estimate of drug-likeness (QED) is 0.363. The van der Waals surface area contributed by atoms with Gasteiger partial charge in [-0.05, 0) is 0 Å². The maximum atomic E-state index is 13.0. The minimum atomic E-state index is -2.14. The second kappa shape index (κ2) is 4.17. The van der Waals surface area contributed by atoms with Crippen LogP contribution in [0.15, 0.2) is 0 Å². The number of anilines is 1. The standard InChI is InChI=1S/C8H8F5NSi/c1-15(2)14-8-6(12)4(10)3(9)5(11)7(8)13/h14-15H,1-2H3. The van der Waals surface area contributed by atoms with Gasteiger partial charge in [0.05, 0.1) is 0 Å². The van der Waals surface area contributed by atoms with E-state index in [1.165, 1.54) is 0 Å². The van der Waals surface area contributed by atoms with Crippen molar-refractivity contribution in [2.45, 2.75) is 13.1 Å². The Balaban J connectivity index is 3.39. The van der Waals surface area contributed by atoms with Crippen molar-refractivity contribution in [3.05, 3.63) is 29.1 Å². The summed E-state index contributed by atoms with van der Waals surface area (Å²) in [6.45, 7) is 3.30. The van der Waals surface area contributed by atoms with Crippen LogP contribution in [0.5, 0.6) is 0 Å². The topological polar surface area (TPSA) is 12.0 Å². The van der Waals surface area contributed by atoms with E-state index < -0.39 is 43.7 Å². The molecule has 0 aliphatic carbocycles. The van der Waals surface area contributed by atoms with Crippen LogP contribution in [0.25, 0.3) is 0 Å². The molecule has 0 aliphatic rings. The molecule has 0 aromatic heterocycles. The van der Waals surface area contributed by atoms with Crippen LogP contribution in [0.1, 0.15) is 0 Å². The van der Waals surface area contributed by atoms with Gasteiger partial charge in [0.25, 0.3) is 0 Å². The average molecular weight is 241 g/mol. The third kappa shape index (κ3) is 2.11. The van der Waals surface area contributed by atoms with Gasteiger partial charge >= 0.3 is 0 Å². The molecule has 15 heavy (non-hydrogen) atoms. The molecule has 0 amide bonds. The molecule has 0 aliphatic heterocycles. The highest BCUT2D eigenvalue weighted by Crippen LogP contribution is 2.27. The Labute approximate surface area is 84.6 Å². The Kier molecular flexibility index (Phi) is 3.33. The summed E-state index contributed by atoms with van der Waals surface area (Å²) in [5.41, 5.74) is -0.937. The first-order valence-electron chi connectivity index (χ1n) is 4.14. The van der Waals surface area contributed by atoms with E-state index in [4.69, 9.17) is 0 Å². The second-order valence-electron chi connectivity index (χ2n) is 3.24. The molecule has 0 saturated carbocycles. The summed E-state index contributed by atoms with van der Waals surface area (Å²) in [7, 11) is -1.70. The zero-order chi connectivity index (χ0) is 11.7. The maximum Gasteiger partial charge on any atom is 0.200 e. The first kappa shape index (κ1) is 12.0. The average Bonchev–Trinajstić information content (AvgIpc) is 2.18. The summed E-state index contributed by atoms with van der Waals surface area (Å²) >= 11 is 0. The van der Waals surface area contributed by atoms with Crippen LogP contribution < -0.4 is 4.98 Å². The van der Waals surface area contributed by atoms with Crippen molar-refractivity contribution >= 4 is 14.6 Å². The molecule has 0 saturated heterocycles. The van der Waals surface area contributed by atoms with Gasteiger partial charge in [-0.2, -0.15) is 0 Å². The van der Waals surface area contributed by atoms with Crippen molar-refractivity contribution in [1.82, 2.24) is 0 Å². The van der Waals surface area contributed by atoms with Crippen molar-refractivity contribution < 1.29 is 22.0 Å². The highest BCUT2D eigenvalue weighted by atomic mass is 28.3. The smallest absolute Gasteiger partial charge is 0.200 e. The van der Waals surface area contributed by atoms with Crippen molar-refractivity contribution in [3.63, 3.8) is 0 Å². The first-order chi connectivity index (χ1) is 6.86. The predicted octanol–water partition coefficient (Wildman–Crippen LogP) is 2.78. The summed E-state index contributed by atoms with van der Waals surface area (Å²) in [6, 6.07) is 0. The largest absolute Gasteiger partial charge is 0.408 e. The van der Waals surface area contributed by atoms with E-state index >= 15 is 0 Å². The number of hydrogen-bond acceptors (Lipinski definition) is 1. The SMILES string of the molecule is C[SiH](C)Nc1c(F)c(F)c(F)c(F)c1F. The fourth-order valence-corrected chi connectivity index (χ4v) is 1.85. The van der Waals surface area contributed by atoms with E-state index in [9.17, 15) is 22.0 Å². The van der Waals surface area contributed by atoms with Crippen molar-refractivity contribution in [3.8, 4) is 0 Å². The molecule has 1 aromatic rings. The third-order valence-electron chi connectivity index (χ3n) is 1.64. The van der Waals surface area contributed by atoms with Gasteiger partial charge in [-0.25, -0.2) is 22.0 Å². The fourth-order valence-electron chi connectivity index (χ4n) is 1.02. The molecular weight excluding hydrogens is 233 g/mol. The number of halogens is 5. The first-order valence-corrected chi connectivity index (χ1v) is 7.03. The van der Waals surface area contributed by atoms with E-state index in [0.717, 1.165) is 0 Å². The highest BCUT2D eigenvalue weighted by molar-refractivity contribution is 6.59. The van der Waals surface area contributed by atoms with Crippen molar-refractivity contribution in [2.75, 3.05) is 4.98 Å².